The molecule has 0 aliphatic carbocycles. The van der Waals surface area contributed by atoms with Crippen molar-refractivity contribution in [3.63, 3.8) is 0 Å². The zero-order chi connectivity index (χ0) is 15.9. The molecule has 1 aliphatic heterocycles. The molecule has 2 N–H and O–H groups in total. The first kappa shape index (κ1) is 16.6. The minimum absolute atomic E-state index is 0.143. The van der Waals surface area contributed by atoms with Crippen LogP contribution >= 0.6 is 0 Å². The van der Waals surface area contributed by atoms with Crippen LogP contribution in [0.3, 0.4) is 0 Å². The van der Waals surface area contributed by atoms with Gasteiger partial charge in [-0.1, -0.05) is 12.1 Å². The minimum atomic E-state index is 0.143. The molecule has 1 heterocycles. The van der Waals surface area contributed by atoms with Crippen molar-refractivity contribution in [2.75, 3.05) is 26.3 Å². The van der Waals surface area contributed by atoms with Crippen molar-refractivity contribution >= 4 is 5.96 Å². The van der Waals surface area contributed by atoms with E-state index in [2.05, 4.69) is 44.0 Å². The second-order valence-corrected chi connectivity index (χ2v) is 5.56. The first-order valence-electron chi connectivity index (χ1n) is 8.02. The van der Waals surface area contributed by atoms with Crippen molar-refractivity contribution in [1.29, 1.82) is 0 Å². The summed E-state index contributed by atoms with van der Waals surface area (Å²) in [6.07, 6.45) is 1.09. The first-order valence-corrected chi connectivity index (χ1v) is 8.02. The number of benzene rings is 1. The lowest BCUT2D eigenvalue weighted by molar-refractivity contribution is 0.140. The summed E-state index contributed by atoms with van der Waals surface area (Å²) in [5.74, 6) is 1.48. The molecule has 1 atom stereocenters. The first-order chi connectivity index (χ1) is 10.6. The van der Waals surface area contributed by atoms with Crippen LogP contribution in [0.15, 0.2) is 23.2 Å². The Bertz CT molecular complexity index is 507. The summed E-state index contributed by atoms with van der Waals surface area (Å²) in [7, 11) is 0. The summed E-state index contributed by atoms with van der Waals surface area (Å²) in [4.78, 5) is 6.55. The number of nitrogens with zero attached hydrogens (tertiary/aromatic N) is 2. The predicted molar refractivity (Wildman–Crippen MR) is 89.3 cm³/mol. The largest absolute Gasteiger partial charge is 0.488 e. The fraction of sp³-hybridized carbons (Fsp3) is 0.588. The Hall–Kier alpha value is -1.75. The van der Waals surface area contributed by atoms with Crippen molar-refractivity contribution in [3.05, 3.63) is 29.3 Å². The van der Waals surface area contributed by atoms with E-state index in [0.717, 1.165) is 37.4 Å². The van der Waals surface area contributed by atoms with Gasteiger partial charge in [-0.2, -0.15) is 0 Å². The highest BCUT2D eigenvalue weighted by Gasteiger charge is 2.18. The molecule has 0 radical (unpaired) electrons. The lowest BCUT2D eigenvalue weighted by Crippen LogP contribution is -2.37. The molecule has 22 heavy (non-hydrogen) atoms. The van der Waals surface area contributed by atoms with Crippen molar-refractivity contribution in [1.82, 2.24) is 4.90 Å². The number of aryl methyl sites for hydroxylation is 1. The molecule has 5 nitrogen and oxygen atoms in total. The molecular formula is C17H27N3O2. The molecule has 1 aromatic carbocycles. The SMILES string of the molecule is CCN(CC)C(N)=NCc1ccc(C)cc1OC1CCOC1. The minimum Gasteiger partial charge on any atom is -0.488 e. The van der Waals surface area contributed by atoms with Crippen molar-refractivity contribution in [2.24, 2.45) is 10.7 Å². The Morgan fingerprint density at radius 1 is 1.41 bits per heavy atom. The van der Waals surface area contributed by atoms with Crippen molar-refractivity contribution in [3.8, 4) is 5.75 Å². The van der Waals surface area contributed by atoms with E-state index >= 15 is 0 Å². The third-order valence-electron chi connectivity index (χ3n) is 3.90. The van der Waals surface area contributed by atoms with Crippen LogP contribution in [0.4, 0.5) is 0 Å². The monoisotopic (exact) mass is 305 g/mol. The third kappa shape index (κ3) is 4.37. The van der Waals surface area contributed by atoms with E-state index in [1.807, 2.05) is 4.90 Å². The molecule has 0 amide bonds. The van der Waals surface area contributed by atoms with E-state index in [0.29, 0.717) is 19.1 Å². The maximum absolute atomic E-state index is 6.08. The van der Waals surface area contributed by atoms with Gasteiger partial charge >= 0.3 is 0 Å². The normalized spacial score (nSPS) is 18.5. The molecule has 5 heteroatoms. The van der Waals surface area contributed by atoms with Crippen molar-refractivity contribution < 1.29 is 9.47 Å². The zero-order valence-electron chi connectivity index (χ0n) is 13.8. The van der Waals surface area contributed by atoms with Crippen molar-refractivity contribution in [2.45, 2.75) is 39.8 Å². The maximum atomic E-state index is 6.08. The average molecular weight is 305 g/mol. The van der Waals surface area contributed by atoms with Crippen LogP contribution in [0.2, 0.25) is 0 Å². The summed E-state index contributed by atoms with van der Waals surface area (Å²) in [6.45, 7) is 9.92. The fourth-order valence-electron chi connectivity index (χ4n) is 2.50. The second-order valence-electron chi connectivity index (χ2n) is 5.56. The fourth-order valence-corrected chi connectivity index (χ4v) is 2.50. The highest BCUT2D eigenvalue weighted by atomic mass is 16.5. The number of ether oxygens (including phenoxy) is 2. The molecule has 1 aromatic rings. The molecule has 0 saturated carbocycles. The number of guanidine groups is 1. The molecule has 1 fully saturated rings. The number of rotatable bonds is 6. The third-order valence-corrected chi connectivity index (χ3v) is 3.90. The van der Waals surface area contributed by atoms with Gasteiger partial charge in [-0.3, -0.25) is 0 Å². The lowest BCUT2D eigenvalue weighted by Gasteiger charge is -2.20. The van der Waals surface area contributed by atoms with Gasteiger partial charge in [-0.05, 0) is 32.4 Å². The predicted octanol–water partition coefficient (Wildman–Crippen LogP) is 2.32. The number of aliphatic imine (C=N–C) groups is 1. The maximum Gasteiger partial charge on any atom is 0.191 e. The Balaban J connectivity index is 2.10. The van der Waals surface area contributed by atoms with Gasteiger partial charge in [0.1, 0.15) is 11.9 Å². The van der Waals surface area contributed by atoms with Gasteiger partial charge < -0.3 is 20.1 Å². The average Bonchev–Trinajstić information content (AvgIpc) is 3.00. The van der Waals surface area contributed by atoms with E-state index < -0.39 is 0 Å². The van der Waals surface area contributed by atoms with Crippen LogP contribution in [0.5, 0.6) is 5.75 Å². The topological polar surface area (TPSA) is 60.1 Å². The molecule has 0 spiro atoms. The van der Waals surface area contributed by atoms with Crippen LogP contribution in [0.25, 0.3) is 0 Å². The summed E-state index contributed by atoms with van der Waals surface area (Å²) < 4.78 is 11.5. The molecule has 1 aliphatic rings. The van der Waals surface area contributed by atoms with Crippen LogP contribution < -0.4 is 10.5 Å². The quantitative estimate of drug-likeness (QED) is 0.647. The van der Waals surface area contributed by atoms with E-state index in [-0.39, 0.29) is 6.10 Å². The number of hydrogen-bond acceptors (Lipinski definition) is 3. The smallest absolute Gasteiger partial charge is 0.191 e. The Morgan fingerprint density at radius 3 is 2.82 bits per heavy atom. The molecule has 0 bridgehead atoms. The Labute approximate surface area is 133 Å². The van der Waals surface area contributed by atoms with Gasteiger partial charge in [0.25, 0.3) is 0 Å². The van der Waals surface area contributed by atoms with Crippen LogP contribution in [-0.2, 0) is 11.3 Å². The molecule has 0 aromatic heterocycles. The second kappa shape index (κ2) is 8.03. The highest BCUT2D eigenvalue weighted by molar-refractivity contribution is 5.78. The molecule has 1 unspecified atom stereocenters. The standard InChI is InChI=1S/C17H27N3O2/c1-4-20(5-2)17(18)19-11-14-7-6-13(3)10-16(14)22-15-8-9-21-12-15/h6-7,10,15H,4-5,8-9,11-12H2,1-3H3,(H2,18,19). The van der Waals surface area contributed by atoms with E-state index in [1.54, 1.807) is 0 Å². The molecule has 2 rings (SSSR count). The number of hydrogen-bond donors (Lipinski definition) is 1. The van der Waals surface area contributed by atoms with Gasteiger partial charge in [0.15, 0.2) is 5.96 Å². The van der Waals surface area contributed by atoms with Gasteiger partial charge in [0.05, 0.1) is 19.8 Å². The summed E-state index contributed by atoms with van der Waals surface area (Å²) in [5, 5.41) is 0. The van der Waals surface area contributed by atoms with E-state index in [4.69, 9.17) is 15.2 Å². The summed E-state index contributed by atoms with van der Waals surface area (Å²) in [5.41, 5.74) is 8.29. The summed E-state index contributed by atoms with van der Waals surface area (Å²) >= 11 is 0. The van der Waals surface area contributed by atoms with Gasteiger partial charge in [0, 0.05) is 25.1 Å². The van der Waals surface area contributed by atoms with Gasteiger partial charge in [-0.15, -0.1) is 0 Å². The lowest BCUT2D eigenvalue weighted by atomic mass is 10.1. The van der Waals surface area contributed by atoms with Gasteiger partial charge in [-0.25, -0.2) is 4.99 Å². The highest BCUT2D eigenvalue weighted by Crippen LogP contribution is 2.24. The van der Waals surface area contributed by atoms with Crippen LogP contribution in [0.1, 0.15) is 31.4 Å². The van der Waals surface area contributed by atoms with E-state index in [9.17, 15) is 0 Å². The number of nitrogens with two attached hydrogens (primary N) is 1. The van der Waals surface area contributed by atoms with E-state index in [1.165, 1.54) is 5.56 Å². The zero-order valence-corrected chi connectivity index (χ0v) is 13.8. The Kier molecular flexibility index (Phi) is 6.07. The Morgan fingerprint density at radius 2 is 2.18 bits per heavy atom. The van der Waals surface area contributed by atoms with Crippen LogP contribution in [0, 0.1) is 6.92 Å². The summed E-state index contributed by atoms with van der Waals surface area (Å²) in [6, 6.07) is 6.22. The van der Waals surface area contributed by atoms with Gasteiger partial charge in [0.2, 0.25) is 0 Å². The van der Waals surface area contributed by atoms with Crippen LogP contribution in [-0.4, -0.2) is 43.3 Å². The molecular weight excluding hydrogens is 278 g/mol. The molecule has 1 saturated heterocycles. The molecule has 122 valence electrons.